The van der Waals surface area contributed by atoms with Gasteiger partial charge < -0.3 is 0 Å². The Kier molecular flexibility index (Phi) is 5.23. The van der Waals surface area contributed by atoms with Gasteiger partial charge in [0.2, 0.25) is 5.78 Å². The van der Waals surface area contributed by atoms with Crippen molar-refractivity contribution >= 4 is 33.7 Å². The van der Waals surface area contributed by atoms with Gasteiger partial charge >= 0.3 is 0 Å². The SMILES string of the molecule is C[C@H](N[S@@](=O)C(C)(C)C)c1csc(C(=O)C2=CCc3cc(F)ccc32)n1. The summed E-state index contributed by atoms with van der Waals surface area (Å²) in [4.78, 5) is 17.3. The first-order valence-corrected chi connectivity index (χ1v) is 10.4. The minimum Gasteiger partial charge on any atom is -0.286 e. The number of carbonyl (C=O) groups excluding carboxylic acids is 1. The summed E-state index contributed by atoms with van der Waals surface area (Å²) in [6.07, 6.45) is 2.37. The standard InChI is InChI=1S/C19H21FN2O2S2/c1-11(22-26(24)19(2,3)4)16-10-25-18(21-16)17(23)15-7-5-12-9-13(20)6-8-14(12)15/h6-11,22H,5H2,1-4H3/t11-,26-/m0/s1. The first kappa shape index (κ1) is 19.1. The fourth-order valence-electron chi connectivity index (χ4n) is 2.63. The van der Waals surface area contributed by atoms with Gasteiger partial charge in [0.1, 0.15) is 5.82 Å². The molecule has 0 spiro atoms. The van der Waals surface area contributed by atoms with Crippen molar-refractivity contribution in [3.8, 4) is 0 Å². The van der Waals surface area contributed by atoms with E-state index in [0.29, 0.717) is 22.7 Å². The molecule has 2 aromatic rings. The van der Waals surface area contributed by atoms with Crippen LogP contribution >= 0.6 is 11.3 Å². The van der Waals surface area contributed by atoms with E-state index in [0.717, 1.165) is 11.1 Å². The highest BCUT2D eigenvalue weighted by atomic mass is 32.2. The molecule has 3 rings (SSSR count). The Morgan fingerprint density at radius 3 is 2.81 bits per heavy atom. The lowest BCUT2D eigenvalue weighted by molar-refractivity contribution is 0.105. The monoisotopic (exact) mass is 392 g/mol. The first-order chi connectivity index (χ1) is 12.2. The molecule has 0 unspecified atom stereocenters. The number of carbonyl (C=O) groups is 1. The van der Waals surface area contributed by atoms with E-state index >= 15 is 0 Å². The smallest absolute Gasteiger partial charge is 0.221 e. The van der Waals surface area contributed by atoms with Crippen LogP contribution in [0.3, 0.4) is 0 Å². The van der Waals surface area contributed by atoms with Gasteiger partial charge in [-0.05, 0) is 57.4 Å². The van der Waals surface area contributed by atoms with Crippen LogP contribution in [0, 0.1) is 5.82 Å². The number of hydrogen-bond donors (Lipinski definition) is 1. The molecular weight excluding hydrogens is 371 g/mol. The van der Waals surface area contributed by atoms with Gasteiger partial charge in [0.15, 0.2) is 5.01 Å². The second kappa shape index (κ2) is 7.13. The fraction of sp³-hybridized carbons (Fsp3) is 0.368. The van der Waals surface area contributed by atoms with Crippen LogP contribution in [0.15, 0.2) is 29.7 Å². The molecule has 138 valence electrons. The third kappa shape index (κ3) is 3.84. The number of nitrogens with one attached hydrogen (secondary N) is 1. The highest BCUT2D eigenvalue weighted by Gasteiger charge is 2.26. The number of allylic oxidation sites excluding steroid dienone is 2. The highest BCUT2D eigenvalue weighted by molar-refractivity contribution is 7.84. The third-order valence-electron chi connectivity index (χ3n) is 4.13. The van der Waals surface area contributed by atoms with Crippen molar-refractivity contribution in [1.29, 1.82) is 0 Å². The summed E-state index contributed by atoms with van der Waals surface area (Å²) in [5.74, 6) is -0.454. The van der Waals surface area contributed by atoms with Crippen LogP contribution in [0.4, 0.5) is 4.39 Å². The Hall–Kier alpha value is -1.70. The molecule has 0 bridgehead atoms. The number of rotatable bonds is 5. The zero-order valence-electron chi connectivity index (χ0n) is 15.1. The molecule has 1 heterocycles. The van der Waals surface area contributed by atoms with Crippen LogP contribution in [0.5, 0.6) is 0 Å². The molecule has 1 N–H and O–H groups in total. The maximum absolute atomic E-state index is 13.3. The van der Waals surface area contributed by atoms with E-state index in [1.165, 1.54) is 23.5 Å². The summed E-state index contributed by atoms with van der Waals surface area (Å²) < 4.78 is 28.2. The van der Waals surface area contributed by atoms with Crippen molar-refractivity contribution in [3.05, 3.63) is 57.3 Å². The first-order valence-electron chi connectivity index (χ1n) is 8.34. The number of thiazole rings is 1. The number of halogens is 1. The molecule has 4 nitrogen and oxygen atoms in total. The molecule has 1 aliphatic rings. The average molecular weight is 393 g/mol. The molecule has 1 aliphatic carbocycles. The largest absolute Gasteiger partial charge is 0.286 e. The lowest BCUT2D eigenvalue weighted by Crippen LogP contribution is -2.34. The van der Waals surface area contributed by atoms with E-state index in [1.807, 2.05) is 39.2 Å². The number of Topliss-reactive ketones (excluding diaryl/α,β-unsaturated/α-hetero) is 1. The summed E-state index contributed by atoms with van der Waals surface area (Å²) in [5, 5.41) is 2.20. The van der Waals surface area contributed by atoms with Crippen molar-refractivity contribution < 1.29 is 13.4 Å². The Balaban J connectivity index is 1.77. The number of fused-ring (bicyclic) bond motifs is 1. The summed E-state index contributed by atoms with van der Waals surface area (Å²) in [6, 6.07) is 4.25. The second-order valence-electron chi connectivity index (χ2n) is 7.25. The zero-order chi connectivity index (χ0) is 19.1. The predicted octanol–water partition coefficient (Wildman–Crippen LogP) is 4.22. The molecule has 7 heteroatoms. The van der Waals surface area contributed by atoms with E-state index in [1.54, 1.807) is 6.07 Å². The van der Waals surface area contributed by atoms with Crippen molar-refractivity contribution in [3.63, 3.8) is 0 Å². The van der Waals surface area contributed by atoms with Crippen molar-refractivity contribution in [2.45, 2.75) is 44.9 Å². The molecule has 0 saturated heterocycles. The van der Waals surface area contributed by atoms with Crippen molar-refractivity contribution in [1.82, 2.24) is 9.71 Å². The maximum atomic E-state index is 13.3. The van der Waals surface area contributed by atoms with Gasteiger partial charge in [-0.1, -0.05) is 12.1 Å². The second-order valence-corrected chi connectivity index (χ2v) is 10.1. The molecule has 0 aliphatic heterocycles. The molecule has 1 aromatic heterocycles. The average Bonchev–Trinajstić information content (AvgIpc) is 3.20. The highest BCUT2D eigenvalue weighted by Crippen LogP contribution is 2.32. The van der Waals surface area contributed by atoms with E-state index in [2.05, 4.69) is 9.71 Å². The van der Waals surface area contributed by atoms with Gasteiger partial charge in [-0.25, -0.2) is 18.3 Å². The topological polar surface area (TPSA) is 59.1 Å². The van der Waals surface area contributed by atoms with Crippen LogP contribution in [-0.2, 0) is 17.4 Å². The van der Waals surface area contributed by atoms with Crippen LogP contribution in [-0.4, -0.2) is 19.7 Å². The van der Waals surface area contributed by atoms with Gasteiger partial charge in [0, 0.05) is 11.0 Å². The lowest BCUT2D eigenvalue weighted by Gasteiger charge is -2.21. The van der Waals surface area contributed by atoms with Crippen molar-refractivity contribution in [2.24, 2.45) is 0 Å². The molecule has 1 aromatic carbocycles. The Bertz CT molecular complexity index is 913. The molecule has 0 fully saturated rings. The van der Waals surface area contributed by atoms with E-state index in [4.69, 9.17) is 0 Å². The normalized spacial score (nSPS) is 16.1. The third-order valence-corrected chi connectivity index (χ3v) is 6.67. The molecular formula is C19H21FN2O2S2. The quantitative estimate of drug-likeness (QED) is 0.775. The van der Waals surface area contributed by atoms with Gasteiger partial charge in [-0.15, -0.1) is 11.3 Å². The summed E-state index contributed by atoms with van der Waals surface area (Å²) in [5.41, 5.74) is 2.85. The minimum absolute atomic E-state index is 0.157. The Labute approximate surface area is 159 Å². The summed E-state index contributed by atoms with van der Waals surface area (Å²) in [6.45, 7) is 7.56. The van der Waals surface area contributed by atoms with Gasteiger partial charge in [-0.2, -0.15) is 0 Å². The zero-order valence-corrected chi connectivity index (χ0v) is 16.8. The van der Waals surface area contributed by atoms with Gasteiger partial charge in [-0.3, -0.25) is 4.79 Å². The van der Waals surface area contributed by atoms with Crippen LogP contribution in [0.2, 0.25) is 0 Å². The van der Waals surface area contributed by atoms with Crippen LogP contribution in [0.1, 0.15) is 60.4 Å². The predicted molar refractivity (Wildman–Crippen MR) is 104 cm³/mol. The van der Waals surface area contributed by atoms with Crippen molar-refractivity contribution in [2.75, 3.05) is 0 Å². The van der Waals surface area contributed by atoms with E-state index < -0.39 is 11.0 Å². The summed E-state index contributed by atoms with van der Waals surface area (Å²) in [7, 11) is -1.22. The number of ketones is 1. The fourth-order valence-corrected chi connectivity index (χ4v) is 4.29. The maximum Gasteiger partial charge on any atom is 0.221 e. The van der Waals surface area contributed by atoms with Crippen LogP contribution in [0.25, 0.3) is 5.57 Å². The molecule has 0 saturated carbocycles. The number of aromatic nitrogens is 1. The van der Waals surface area contributed by atoms with Gasteiger partial charge in [0.25, 0.3) is 0 Å². The van der Waals surface area contributed by atoms with Gasteiger partial charge in [0.05, 0.1) is 27.5 Å². The number of hydrogen-bond acceptors (Lipinski definition) is 4. The minimum atomic E-state index is -1.22. The molecule has 0 radical (unpaired) electrons. The molecule has 26 heavy (non-hydrogen) atoms. The Morgan fingerprint density at radius 1 is 1.38 bits per heavy atom. The number of nitrogens with zero attached hydrogens (tertiary/aromatic N) is 1. The van der Waals surface area contributed by atoms with Crippen LogP contribution < -0.4 is 4.72 Å². The Morgan fingerprint density at radius 2 is 2.12 bits per heavy atom. The van der Waals surface area contributed by atoms with E-state index in [-0.39, 0.29) is 22.4 Å². The lowest BCUT2D eigenvalue weighted by atomic mass is 10.0. The number of benzene rings is 1. The molecule has 0 amide bonds. The molecule has 2 atom stereocenters. The summed E-state index contributed by atoms with van der Waals surface area (Å²) >= 11 is 1.27. The van der Waals surface area contributed by atoms with E-state index in [9.17, 15) is 13.4 Å².